The first-order valence-corrected chi connectivity index (χ1v) is 11.1. The molecule has 2 aliphatic rings. The van der Waals surface area contributed by atoms with Crippen molar-refractivity contribution in [3.05, 3.63) is 87.9 Å². The molecule has 0 fully saturated rings. The highest BCUT2D eigenvalue weighted by Crippen LogP contribution is 2.34. The summed E-state index contributed by atoms with van der Waals surface area (Å²) < 4.78 is 11.0. The quantitative estimate of drug-likeness (QED) is 0.396. The molecule has 0 atom stereocenters. The zero-order valence-electron chi connectivity index (χ0n) is 16.3. The van der Waals surface area contributed by atoms with Gasteiger partial charge in [-0.05, 0) is 64.9 Å². The second-order valence-corrected chi connectivity index (χ2v) is 8.94. The molecular weight excluding hydrogens is 388 g/mol. The molecule has 5 aromatic rings. The summed E-state index contributed by atoms with van der Waals surface area (Å²) in [6.07, 6.45) is 4.57. The van der Waals surface area contributed by atoms with Crippen molar-refractivity contribution in [2.75, 3.05) is 0 Å². The van der Waals surface area contributed by atoms with E-state index in [0.717, 1.165) is 41.1 Å². The Morgan fingerprint density at radius 2 is 1.87 bits per heavy atom. The van der Waals surface area contributed by atoms with Crippen LogP contribution in [0.1, 0.15) is 24.2 Å². The number of thiophene rings is 1. The van der Waals surface area contributed by atoms with Crippen molar-refractivity contribution in [1.82, 2.24) is 9.55 Å². The fourth-order valence-corrected chi connectivity index (χ4v) is 6.13. The molecule has 3 aromatic carbocycles. The van der Waals surface area contributed by atoms with Crippen molar-refractivity contribution in [2.45, 2.75) is 19.4 Å². The number of imidazole rings is 1. The van der Waals surface area contributed by atoms with Crippen molar-refractivity contribution in [2.24, 2.45) is 0 Å². The summed E-state index contributed by atoms with van der Waals surface area (Å²) in [4.78, 5) is 4.84. The Hall–Kier alpha value is -3.37. The van der Waals surface area contributed by atoms with E-state index in [9.17, 15) is 0 Å². The number of para-hydroxylation sites is 2. The number of rotatable bonds is 1. The van der Waals surface area contributed by atoms with E-state index in [1.54, 1.807) is 0 Å². The Bertz CT molecular complexity index is 1610. The fourth-order valence-electron chi connectivity index (χ4n) is 4.83. The lowest BCUT2D eigenvalue weighted by Gasteiger charge is -2.20. The van der Waals surface area contributed by atoms with Crippen LogP contribution in [0.4, 0.5) is 0 Å². The molecule has 0 saturated carbocycles. The van der Waals surface area contributed by atoms with Crippen LogP contribution in [0.2, 0.25) is 0 Å². The lowest BCUT2D eigenvalue weighted by Crippen LogP contribution is -2.25. The molecule has 0 bridgehead atoms. The van der Waals surface area contributed by atoms with Crippen LogP contribution in [-0.2, 0) is 6.61 Å². The maximum atomic E-state index is 5.92. The van der Waals surface area contributed by atoms with Crippen LogP contribution >= 0.6 is 11.3 Å². The summed E-state index contributed by atoms with van der Waals surface area (Å²) in [6.45, 7) is 0.507. The second kappa shape index (κ2) is 6.07. The van der Waals surface area contributed by atoms with E-state index >= 15 is 0 Å². The van der Waals surface area contributed by atoms with Gasteiger partial charge in [0, 0.05) is 9.23 Å². The SMILES string of the molecule is C1=c2c(sc3ccccc23)=C(c2ccc3nc4n(c3c2)-c2ccccc2OC4)CC1. The van der Waals surface area contributed by atoms with Gasteiger partial charge < -0.3 is 4.74 Å². The third-order valence-corrected chi connectivity index (χ3v) is 7.43. The van der Waals surface area contributed by atoms with E-state index in [0.29, 0.717) is 6.61 Å². The Labute approximate surface area is 177 Å². The summed E-state index contributed by atoms with van der Waals surface area (Å²) in [5, 5.41) is 2.79. The van der Waals surface area contributed by atoms with Gasteiger partial charge in [0.2, 0.25) is 0 Å². The van der Waals surface area contributed by atoms with Gasteiger partial charge in [-0.3, -0.25) is 4.57 Å². The average Bonchev–Trinajstić information content (AvgIpc) is 3.37. The van der Waals surface area contributed by atoms with Crippen LogP contribution in [-0.4, -0.2) is 9.55 Å². The minimum atomic E-state index is 0.507. The summed E-state index contributed by atoms with van der Waals surface area (Å²) in [7, 11) is 0. The van der Waals surface area contributed by atoms with Gasteiger partial charge in [-0.25, -0.2) is 4.98 Å². The molecule has 1 aliphatic heterocycles. The van der Waals surface area contributed by atoms with E-state index in [1.165, 1.54) is 31.0 Å². The first kappa shape index (κ1) is 16.4. The minimum Gasteiger partial charge on any atom is -0.483 e. The molecule has 1 aliphatic carbocycles. The number of fused-ring (bicyclic) bond motifs is 8. The molecule has 2 aromatic heterocycles. The lowest BCUT2D eigenvalue weighted by atomic mass is 9.96. The van der Waals surface area contributed by atoms with Gasteiger partial charge in [0.15, 0.2) is 5.82 Å². The molecular formula is C26H18N2OS. The van der Waals surface area contributed by atoms with Crippen LogP contribution in [0, 0.1) is 0 Å². The summed E-state index contributed by atoms with van der Waals surface area (Å²) in [5.74, 6) is 1.88. The van der Waals surface area contributed by atoms with Crippen molar-refractivity contribution >= 4 is 44.1 Å². The molecule has 3 nitrogen and oxygen atoms in total. The van der Waals surface area contributed by atoms with Gasteiger partial charge in [0.05, 0.1) is 16.7 Å². The largest absolute Gasteiger partial charge is 0.483 e. The molecule has 144 valence electrons. The highest BCUT2D eigenvalue weighted by molar-refractivity contribution is 7.17. The molecule has 30 heavy (non-hydrogen) atoms. The molecule has 7 rings (SSSR count). The molecule has 0 N–H and O–H groups in total. The number of ether oxygens (including phenoxy) is 1. The maximum absolute atomic E-state index is 5.92. The molecule has 4 heteroatoms. The zero-order valence-corrected chi connectivity index (χ0v) is 17.1. The summed E-state index contributed by atoms with van der Waals surface area (Å²) >= 11 is 1.92. The van der Waals surface area contributed by atoms with E-state index < -0.39 is 0 Å². The molecule has 0 amide bonds. The van der Waals surface area contributed by atoms with E-state index in [1.807, 2.05) is 23.5 Å². The number of aromatic nitrogens is 2. The van der Waals surface area contributed by atoms with Crippen LogP contribution in [0.3, 0.4) is 0 Å². The Morgan fingerprint density at radius 1 is 0.967 bits per heavy atom. The normalized spacial score (nSPS) is 14.7. The summed E-state index contributed by atoms with van der Waals surface area (Å²) in [5.41, 5.74) is 6.00. The van der Waals surface area contributed by atoms with E-state index in [2.05, 4.69) is 65.2 Å². The Morgan fingerprint density at radius 3 is 2.87 bits per heavy atom. The molecule has 0 saturated heterocycles. The van der Waals surface area contributed by atoms with Crippen molar-refractivity contribution in [3.8, 4) is 11.4 Å². The Kier molecular flexibility index (Phi) is 3.32. The third-order valence-electron chi connectivity index (χ3n) is 6.19. The van der Waals surface area contributed by atoms with Gasteiger partial charge in [0.25, 0.3) is 0 Å². The molecule has 0 radical (unpaired) electrons. The van der Waals surface area contributed by atoms with Gasteiger partial charge >= 0.3 is 0 Å². The van der Waals surface area contributed by atoms with Crippen LogP contribution in [0.5, 0.6) is 5.75 Å². The topological polar surface area (TPSA) is 27.1 Å². The molecule has 3 heterocycles. The molecule has 0 spiro atoms. The number of nitrogens with zero attached hydrogens (tertiary/aromatic N) is 2. The van der Waals surface area contributed by atoms with Gasteiger partial charge in [0.1, 0.15) is 12.4 Å². The predicted molar refractivity (Wildman–Crippen MR) is 123 cm³/mol. The monoisotopic (exact) mass is 406 g/mol. The highest BCUT2D eigenvalue weighted by atomic mass is 32.1. The van der Waals surface area contributed by atoms with Crippen molar-refractivity contribution < 1.29 is 4.74 Å². The molecule has 0 unspecified atom stereocenters. The predicted octanol–water partition coefficient (Wildman–Crippen LogP) is 4.91. The van der Waals surface area contributed by atoms with Crippen LogP contribution in [0.25, 0.3) is 38.5 Å². The van der Waals surface area contributed by atoms with Crippen molar-refractivity contribution in [1.29, 1.82) is 0 Å². The zero-order chi connectivity index (χ0) is 19.7. The number of hydrogen-bond donors (Lipinski definition) is 0. The Balaban J connectivity index is 1.52. The summed E-state index contributed by atoms with van der Waals surface area (Å²) in [6, 6.07) is 23.7. The minimum absolute atomic E-state index is 0.507. The van der Waals surface area contributed by atoms with Gasteiger partial charge in [-0.2, -0.15) is 0 Å². The van der Waals surface area contributed by atoms with Crippen LogP contribution < -0.4 is 14.5 Å². The van der Waals surface area contributed by atoms with Gasteiger partial charge in [-0.1, -0.05) is 42.5 Å². The second-order valence-electron chi connectivity index (χ2n) is 7.89. The smallest absolute Gasteiger partial charge is 0.152 e. The lowest BCUT2D eigenvalue weighted by molar-refractivity contribution is 0.280. The average molecular weight is 407 g/mol. The van der Waals surface area contributed by atoms with Crippen molar-refractivity contribution in [3.63, 3.8) is 0 Å². The van der Waals surface area contributed by atoms with E-state index in [-0.39, 0.29) is 0 Å². The highest BCUT2D eigenvalue weighted by Gasteiger charge is 2.21. The van der Waals surface area contributed by atoms with Gasteiger partial charge in [-0.15, -0.1) is 11.3 Å². The third kappa shape index (κ3) is 2.22. The standard InChI is InChI=1S/C26H18N2OS/c1-4-11-24-18(6-1)19-8-5-7-17(26(19)30-24)16-12-13-20-22(14-16)28-21-9-2-3-10-23(21)29-15-25(28)27-20/h1-4,6,8-14H,5,7,15H2. The number of benzene rings is 3. The number of hydrogen-bond acceptors (Lipinski definition) is 3. The first-order valence-electron chi connectivity index (χ1n) is 10.3. The first-order chi connectivity index (χ1) is 14.9. The van der Waals surface area contributed by atoms with E-state index in [4.69, 9.17) is 9.72 Å². The van der Waals surface area contributed by atoms with Crippen LogP contribution in [0.15, 0.2) is 66.7 Å². The fraction of sp³-hybridized carbons (Fsp3) is 0.115. The maximum Gasteiger partial charge on any atom is 0.152 e.